The second kappa shape index (κ2) is 10.8. The number of aliphatic hydroxyl groups is 1. The molecule has 1 aromatic carbocycles. The van der Waals surface area contributed by atoms with Crippen molar-refractivity contribution in [3.05, 3.63) is 40.4 Å². The van der Waals surface area contributed by atoms with Gasteiger partial charge in [0.05, 0.1) is 12.0 Å². The van der Waals surface area contributed by atoms with Crippen LogP contribution in [0.15, 0.2) is 34.8 Å². The average Bonchev–Trinajstić information content (AvgIpc) is 2.59. The van der Waals surface area contributed by atoms with Crippen LogP contribution in [0.5, 0.6) is 0 Å². The summed E-state index contributed by atoms with van der Waals surface area (Å²) in [7, 11) is 0. The fourth-order valence-corrected chi connectivity index (χ4v) is 3.44. The highest BCUT2D eigenvalue weighted by atomic mass is 79.9. The molecule has 1 fully saturated rings. The topological polar surface area (TPSA) is 46.5 Å². The van der Waals surface area contributed by atoms with Crippen LogP contribution in [-0.4, -0.2) is 23.3 Å². The molecular formula is C21H29BrO3. The molecule has 1 saturated heterocycles. The van der Waals surface area contributed by atoms with Gasteiger partial charge in [0.15, 0.2) is 0 Å². The molecule has 0 radical (unpaired) electrons. The lowest BCUT2D eigenvalue weighted by atomic mass is 9.87. The van der Waals surface area contributed by atoms with Crippen LogP contribution < -0.4 is 0 Å². The van der Waals surface area contributed by atoms with Gasteiger partial charge in [-0.15, -0.1) is 0 Å². The SMILES string of the molecule is CCCCCC[C@@H]1C(=O)O[C@H]1C[C@H](O)CC/C=C/c1ccc(Br)cc1. The fourth-order valence-electron chi connectivity index (χ4n) is 3.17. The summed E-state index contributed by atoms with van der Waals surface area (Å²) in [5, 5.41) is 10.2. The second-order valence-electron chi connectivity index (χ2n) is 6.85. The zero-order valence-electron chi connectivity index (χ0n) is 15.0. The Morgan fingerprint density at radius 2 is 2.00 bits per heavy atom. The lowest BCUT2D eigenvalue weighted by Gasteiger charge is -2.36. The van der Waals surface area contributed by atoms with E-state index in [9.17, 15) is 9.90 Å². The molecule has 1 heterocycles. The number of esters is 1. The molecular weight excluding hydrogens is 380 g/mol. The number of carbonyl (C=O) groups excluding carboxylic acids is 1. The fraction of sp³-hybridized carbons (Fsp3) is 0.571. The van der Waals surface area contributed by atoms with Gasteiger partial charge in [0.2, 0.25) is 0 Å². The molecule has 0 unspecified atom stereocenters. The number of hydrogen-bond acceptors (Lipinski definition) is 3. The first kappa shape index (κ1) is 20.2. The molecule has 0 aliphatic carbocycles. The molecule has 1 N–H and O–H groups in total. The van der Waals surface area contributed by atoms with Gasteiger partial charge in [-0.05, 0) is 37.0 Å². The van der Waals surface area contributed by atoms with Gasteiger partial charge in [-0.2, -0.15) is 0 Å². The molecule has 3 nitrogen and oxygen atoms in total. The lowest BCUT2D eigenvalue weighted by Crippen LogP contribution is -2.46. The summed E-state index contributed by atoms with van der Waals surface area (Å²) in [6.45, 7) is 2.18. The van der Waals surface area contributed by atoms with Gasteiger partial charge in [-0.25, -0.2) is 0 Å². The standard InChI is InChI=1S/C21H29BrO3/c1-2-3-4-5-10-19-20(25-21(19)24)15-18(23)9-7-6-8-16-11-13-17(22)14-12-16/h6,8,11-14,18-20,23H,2-5,7,9-10,15H2,1H3/b8-6+/t18-,19+,20+/m1/s1. The molecule has 0 amide bonds. The molecule has 0 spiro atoms. The molecule has 0 bridgehead atoms. The number of cyclic esters (lactones) is 1. The van der Waals surface area contributed by atoms with E-state index < -0.39 is 6.10 Å². The Hall–Kier alpha value is -1.13. The Balaban J connectivity index is 1.64. The molecule has 0 saturated carbocycles. The maximum Gasteiger partial charge on any atom is 0.313 e. The molecule has 0 aromatic heterocycles. The van der Waals surface area contributed by atoms with Crippen molar-refractivity contribution in [3.8, 4) is 0 Å². The summed E-state index contributed by atoms with van der Waals surface area (Å²) < 4.78 is 6.31. The van der Waals surface area contributed by atoms with Gasteiger partial charge >= 0.3 is 5.97 Å². The number of halogens is 1. The number of ether oxygens (including phenoxy) is 1. The Morgan fingerprint density at radius 1 is 1.24 bits per heavy atom. The Kier molecular flexibility index (Phi) is 8.70. The van der Waals surface area contributed by atoms with Crippen molar-refractivity contribution in [2.24, 2.45) is 5.92 Å². The Morgan fingerprint density at radius 3 is 2.68 bits per heavy atom. The maximum absolute atomic E-state index is 11.6. The van der Waals surface area contributed by atoms with E-state index in [1.165, 1.54) is 19.3 Å². The van der Waals surface area contributed by atoms with Gasteiger partial charge in [0.1, 0.15) is 6.10 Å². The van der Waals surface area contributed by atoms with Crippen molar-refractivity contribution in [2.45, 2.75) is 70.5 Å². The van der Waals surface area contributed by atoms with Gasteiger partial charge in [-0.1, -0.05) is 72.8 Å². The lowest BCUT2D eigenvalue weighted by molar-refractivity contribution is -0.188. The summed E-state index contributed by atoms with van der Waals surface area (Å²) in [4.78, 5) is 11.6. The van der Waals surface area contributed by atoms with Crippen molar-refractivity contribution in [2.75, 3.05) is 0 Å². The first-order valence-corrected chi connectivity index (χ1v) is 10.2. The van der Waals surface area contributed by atoms with E-state index in [0.29, 0.717) is 12.8 Å². The number of rotatable bonds is 11. The Bertz CT molecular complexity index is 553. The molecule has 4 heteroatoms. The van der Waals surface area contributed by atoms with E-state index >= 15 is 0 Å². The third-order valence-corrected chi connectivity index (χ3v) is 5.27. The molecule has 3 atom stereocenters. The number of hydrogen-bond donors (Lipinski definition) is 1. The third-order valence-electron chi connectivity index (χ3n) is 4.74. The highest BCUT2D eigenvalue weighted by molar-refractivity contribution is 9.10. The van der Waals surface area contributed by atoms with Gasteiger partial charge < -0.3 is 9.84 Å². The minimum atomic E-state index is -0.411. The summed E-state index contributed by atoms with van der Waals surface area (Å²) >= 11 is 3.42. The molecule has 138 valence electrons. The van der Waals surface area contributed by atoms with E-state index in [4.69, 9.17) is 4.74 Å². The van der Waals surface area contributed by atoms with Crippen LogP contribution in [0.2, 0.25) is 0 Å². The van der Waals surface area contributed by atoms with Crippen LogP contribution in [0, 0.1) is 5.92 Å². The van der Waals surface area contributed by atoms with Gasteiger partial charge in [-0.3, -0.25) is 4.79 Å². The largest absolute Gasteiger partial charge is 0.461 e. The van der Waals surface area contributed by atoms with E-state index in [1.807, 2.05) is 24.3 Å². The predicted octanol–water partition coefficient (Wildman–Crippen LogP) is 5.51. The highest BCUT2D eigenvalue weighted by Crippen LogP contribution is 2.31. The van der Waals surface area contributed by atoms with E-state index in [0.717, 1.165) is 29.3 Å². The maximum atomic E-state index is 11.6. The van der Waals surface area contributed by atoms with E-state index in [1.54, 1.807) is 0 Å². The Labute approximate surface area is 159 Å². The first-order chi connectivity index (χ1) is 12.1. The number of allylic oxidation sites excluding steroid dienone is 1. The predicted molar refractivity (Wildman–Crippen MR) is 105 cm³/mol. The summed E-state index contributed by atoms with van der Waals surface area (Å²) in [5.41, 5.74) is 1.15. The second-order valence-corrected chi connectivity index (χ2v) is 7.77. The highest BCUT2D eigenvalue weighted by Gasteiger charge is 2.42. The van der Waals surface area contributed by atoms with Crippen LogP contribution in [-0.2, 0) is 9.53 Å². The third kappa shape index (κ3) is 6.95. The van der Waals surface area contributed by atoms with Crippen molar-refractivity contribution >= 4 is 28.0 Å². The van der Waals surface area contributed by atoms with Crippen LogP contribution in [0.25, 0.3) is 6.08 Å². The van der Waals surface area contributed by atoms with Crippen LogP contribution in [0.3, 0.4) is 0 Å². The van der Waals surface area contributed by atoms with Crippen molar-refractivity contribution in [3.63, 3.8) is 0 Å². The summed E-state index contributed by atoms with van der Waals surface area (Å²) in [6.07, 6.45) is 11.3. The van der Waals surface area contributed by atoms with Crippen molar-refractivity contribution < 1.29 is 14.6 Å². The van der Waals surface area contributed by atoms with E-state index in [2.05, 4.69) is 35.0 Å². The zero-order valence-corrected chi connectivity index (χ0v) is 16.6. The smallest absolute Gasteiger partial charge is 0.313 e. The zero-order chi connectivity index (χ0) is 18.1. The molecule has 1 aliphatic rings. The number of carbonyl (C=O) groups is 1. The first-order valence-electron chi connectivity index (χ1n) is 9.40. The molecule has 25 heavy (non-hydrogen) atoms. The van der Waals surface area contributed by atoms with Crippen LogP contribution in [0.4, 0.5) is 0 Å². The minimum Gasteiger partial charge on any atom is -0.461 e. The van der Waals surface area contributed by atoms with Gasteiger partial charge in [0.25, 0.3) is 0 Å². The van der Waals surface area contributed by atoms with E-state index in [-0.39, 0.29) is 18.0 Å². The molecule has 1 aromatic rings. The molecule has 2 rings (SSSR count). The molecule has 1 aliphatic heterocycles. The monoisotopic (exact) mass is 408 g/mol. The number of benzene rings is 1. The van der Waals surface area contributed by atoms with Crippen LogP contribution >= 0.6 is 15.9 Å². The minimum absolute atomic E-state index is 0.00446. The van der Waals surface area contributed by atoms with Crippen molar-refractivity contribution in [1.29, 1.82) is 0 Å². The average molecular weight is 409 g/mol. The summed E-state index contributed by atoms with van der Waals surface area (Å²) in [6, 6.07) is 8.13. The van der Waals surface area contributed by atoms with Crippen LogP contribution in [0.1, 0.15) is 63.9 Å². The normalized spacial score (nSPS) is 21.2. The summed E-state index contributed by atoms with van der Waals surface area (Å²) in [5.74, 6) is -0.0753. The number of unbranched alkanes of at least 4 members (excludes halogenated alkanes) is 3. The number of aliphatic hydroxyl groups excluding tert-OH is 1. The van der Waals surface area contributed by atoms with Gasteiger partial charge in [0, 0.05) is 10.9 Å². The van der Waals surface area contributed by atoms with Crippen molar-refractivity contribution in [1.82, 2.24) is 0 Å². The quantitative estimate of drug-likeness (QED) is 0.388.